The summed E-state index contributed by atoms with van der Waals surface area (Å²) in [5.74, 6) is -1.62. The fourth-order valence-electron chi connectivity index (χ4n) is 1.30. The third kappa shape index (κ3) is 4.11. The van der Waals surface area contributed by atoms with E-state index in [0.717, 1.165) is 18.2 Å². The lowest BCUT2D eigenvalue weighted by Gasteiger charge is -2.08. The van der Waals surface area contributed by atoms with Crippen molar-refractivity contribution in [3.05, 3.63) is 41.0 Å². The smallest absolute Gasteiger partial charge is 0.159 e. The Bertz CT molecular complexity index is 384. The van der Waals surface area contributed by atoms with Crippen LogP contribution in [0.15, 0.2) is 23.8 Å². The summed E-state index contributed by atoms with van der Waals surface area (Å²) in [4.78, 5) is 0. The van der Waals surface area contributed by atoms with Gasteiger partial charge in [-0.3, -0.25) is 0 Å². The molecule has 1 rings (SSSR count). The maximum Gasteiger partial charge on any atom is 0.159 e. The first kappa shape index (κ1) is 12.8. The van der Waals surface area contributed by atoms with Crippen LogP contribution in [0.2, 0.25) is 0 Å². The van der Waals surface area contributed by atoms with Crippen molar-refractivity contribution in [2.75, 3.05) is 6.54 Å². The average molecular weight is 225 g/mol. The molecule has 0 heterocycles. The van der Waals surface area contributed by atoms with Crippen LogP contribution >= 0.6 is 0 Å². The van der Waals surface area contributed by atoms with Crippen LogP contribution in [0.4, 0.5) is 8.78 Å². The van der Waals surface area contributed by atoms with Gasteiger partial charge in [-0.15, -0.1) is 0 Å². The van der Waals surface area contributed by atoms with Gasteiger partial charge in [-0.1, -0.05) is 31.6 Å². The molecule has 0 aliphatic heterocycles. The minimum absolute atomic E-state index is 0.410. The lowest BCUT2D eigenvalue weighted by molar-refractivity contribution is 0.508. The summed E-state index contributed by atoms with van der Waals surface area (Å²) in [5, 5.41) is 3.26. The number of hydrogen-bond acceptors (Lipinski definition) is 1. The fraction of sp³-hybridized carbons (Fsp3) is 0.385. The van der Waals surface area contributed by atoms with Crippen molar-refractivity contribution in [1.82, 2.24) is 5.32 Å². The summed E-state index contributed by atoms with van der Waals surface area (Å²) >= 11 is 0. The monoisotopic (exact) mass is 225 g/mol. The van der Waals surface area contributed by atoms with Gasteiger partial charge in [0.15, 0.2) is 11.6 Å². The topological polar surface area (TPSA) is 12.0 Å². The second kappa shape index (κ2) is 5.75. The van der Waals surface area contributed by atoms with Crippen LogP contribution in [-0.4, -0.2) is 12.6 Å². The average Bonchev–Trinajstić information content (AvgIpc) is 2.21. The molecular weight excluding hydrogens is 208 g/mol. The van der Waals surface area contributed by atoms with E-state index in [0.29, 0.717) is 11.6 Å². The van der Waals surface area contributed by atoms with Crippen molar-refractivity contribution < 1.29 is 8.78 Å². The van der Waals surface area contributed by atoms with E-state index in [1.807, 2.05) is 13.0 Å². The fourth-order valence-corrected chi connectivity index (χ4v) is 1.30. The van der Waals surface area contributed by atoms with Crippen LogP contribution in [0.1, 0.15) is 26.3 Å². The Hall–Kier alpha value is -1.22. The van der Waals surface area contributed by atoms with Crippen molar-refractivity contribution in [3.63, 3.8) is 0 Å². The molecule has 3 heteroatoms. The normalized spacial score (nSPS) is 12.2. The molecule has 0 aliphatic rings. The zero-order valence-electron chi connectivity index (χ0n) is 9.85. The predicted octanol–water partition coefficient (Wildman–Crippen LogP) is 3.37. The molecule has 0 aliphatic carbocycles. The van der Waals surface area contributed by atoms with Crippen molar-refractivity contribution in [2.45, 2.75) is 26.8 Å². The molecule has 16 heavy (non-hydrogen) atoms. The number of rotatable bonds is 4. The van der Waals surface area contributed by atoms with Crippen LogP contribution in [-0.2, 0) is 0 Å². The van der Waals surface area contributed by atoms with Crippen molar-refractivity contribution in [2.24, 2.45) is 0 Å². The Kier molecular flexibility index (Phi) is 4.62. The molecule has 0 unspecified atom stereocenters. The molecule has 0 saturated carbocycles. The Balaban J connectivity index is 2.70. The quantitative estimate of drug-likeness (QED) is 0.828. The minimum Gasteiger partial charge on any atom is -0.311 e. The van der Waals surface area contributed by atoms with Crippen LogP contribution in [0, 0.1) is 11.6 Å². The Labute approximate surface area is 95.2 Å². The van der Waals surface area contributed by atoms with E-state index in [9.17, 15) is 8.78 Å². The van der Waals surface area contributed by atoms with E-state index >= 15 is 0 Å². The predicted molar refractivity (Wildman–Crippen MR) is 63.1 cm³/mol. The molecule has 0 spiro atoms. The summed E-state index contributed by atoms with van der Waals surface area (Å²) in [6.45, 7) is 6.82. The highest BCUT2D eigenvalue weighted by Crippen LogP contribution is 2.11. The lowest BCUT2D eigenvalue weighted by atomic mass is 10.1. The molecule has 0 saturated heterocycles. The van der Waals surface area contributed by atoms with Gasteiger partial charge in [0.2, 0.25) is 0 Å². The van der Waals surface area contributed by atoms with Gasteiger partial charge in [-0.25, -0.2) is 8.78 Å². The van der Waals surface area contributed by atoms with Crippen molar-refractivity contribution in [3.8, 4) is 0 Å². The van der Waals surface area contributed by atoms with Gasteiger partial charge in [0, 0.05) is 12.6 Å². The zero-order valence-corrected chi connectivity index (χ0v) is 9.85. The van der Waals surface area contributed by atoms with E-state index in [1.165, 1.54) is 6.07 Å². The molecule has 0 aromatic heterocycles. The van der Waals surface area contributed by atoms with Gasteiger partial charge in [0.1, 0.15) is 0 Å². The second-order valence-corrected chi connectivity index (χ2v) is 4.20. The number of benzene rings is 1. The van der Waals surface area contributed by atoms with Gasteiger partial charge in [0.25, 0.3) is 0 Å². The highest BCUT2D eigenvalue weighted by Gasteiger charge is 2.01. The van der Waals surface area contributed by atoms with Gasteiger partial charge in [-0.05, 0) is 24.6 Å². The minimum atomic E-state index is -0.810. The van der Waals surface area contributed by atoms with Crippen molar-refractivity contribution >= 4 is 6.08 Å². The van der Waals surface area contributed by atoms with Gasteiger partial charge >= 0.3 is 0 Å². The van der Waals surface area contributed by atoms with Crippen molar-refractivity contribution in [1.29, 1.82) is 0 Å². The summed E-state index contributed by atoms with van der Waals surface area (Å²) in [5.41, 5.74) is 1.77. The van der Waals surface area contributed by atoms with Crippen LogP contribution in [0.5, 0.6) is 0 Å². The van der Waals surface area contributed by atoms with Gasteiger partial charge in [0.05, 0.1) is 0 Å². The number of halogens is 2. The van der Waals surface area contributed by atoms with Crippen LogP contribution in [0.25, 0.3) is 6.08 Å². The van der Waals surface area contributed by atoms with E-state index in [1.54, 1.807) is 6.07 Å². The summed E-state index contributed by atoms with van der Waals surface area (Å²) in [6.07, 6.45) is 1.85. The second-order valence-electron chi connectivity index (χ2n) is 4.20. The third-order valence-corrected chi connectivity index (χ3v) is 2.15. The highest BCUT2D eigenvalue weighted by molar-refractivity contribution is 5.52. The molecule has 88 valence electrons. The summed E-state index contributed by atoms with van der Waals surface area (Å²) < 4.78 is 25.6. The maximum absolute atomic E-state index is 12.9. The van der Waals surface area contributed by atoms with Gasteiger partial charge in [-0.2, -0.15) is 0 Å². The highest BCUT2D eigenvalue weighted by atomic mass is 19.2. The molecular formula is C13H17F2N. The van der Waals surface area contributed by atoms with E-state index in [4.69, 9.17) is 0 Å². The Morgan fingerprint density at radius 1 is 1.31 bits per heavy atom. The zero-order chi connectivity index (χ0) is 12.1. The summed E-state index contributed by atoms with van der Waals surface area (Å²) in [7, 11) is 0. The molecule has 1 nitrogen and oxygen atoms in total. The molecule has 0 atom stereocenters. The molecule has 0 bridgehead atoms. The largest absolute Gasteiger partial charge is 0.311 e. The number of nitrogens with one attached hydrogen (secondary N) is 1. The SMILES string of the molecule is CC(=Cc1ccc(F)c(F)c1)CNC(C)C. The first-order valence-electron chi connectivity index (χ1n) is 5.34. The van der Waals surface area contributed by atoms with Gasteiger partial charge < -0.3 is 5.32 Å². The van der Waals surface area contributed by atoms with Crippen LogP contribution in [0.3, 0.4) is 0 Å². The molecule has 0 fully saturated rings. The Morgan fingerprint density at radius 3 is 2.56 bits per heavy atom. The molecule has 1 aromatic carbocycles. The Morgan fingerprint density at radius 2 is 2.00 bits per heavy atom. The lowest BCUT2D eigenvalue weighted by Crippen LogP contribution is -2.24. The summed E-state index contributed by atoms with van der Waals surface area (Å²) in [6, 6.07) is 4.32. The number of hydrogen-bond donors (Lipinski definition) is 1. The standard InChI is InChI=1S/C13H17F2N/c1-9(2)16-8-10(3)6-11-4-5-12(14)13(15)7-11/h4-7,9,16H,8H2,1-3H3. The molecule has 0 radical (unpaired) electrons. The van der Waals surface area contributed by atoms with Crippen LogP contribution < -0.4 is 5.32 Å². The van der Waals surface area contributed by atoms with E-state index in [-0.39, 0.29) is 0 Å². The first-order valence-corrected chi connectivity index (χ1v) is 5.34. The maximum atomic E-state index is 12.9. The van der Waals surface area contributed by atoms with E-state index in [2.05, 4.69) is 19.2 Å². The molecule has 0 amide bonds. The third-order valence-electron chi connectivity index (χ3n) is 2.15. The van der Waals surface area contributed by atoms with E-state index < -0.39 is 11.6 Å². The molecule has 1 N–H and O–H groups in total. The molecule has 1 aromatic rings. The first-order chi connectivity index (χ1) is 7.49.